The zero-order valence-corrected chi connectivity index (χ0v) is 21.3. The van der Waals surface area contributed by atoms with E-state index < -0.39 is 11.3 Å². The summed E-state index contributed by atoms with van der Waals surface area (Å²) in [4.78, 5) is 42.7. The van der Waals surface area contributed by atoms with Crippen molar-refractivity contribution in [3.63, 3.8) is 0 Å². The van der Waals surface area contributed by atoms with Gasteiger partial charge in [-0.2, -0.15) is 0 Å². The van der Waals surface area contributed by atoms with Crippen molar-refractivity contribution < 1.29 is 14.3 Å². The Kier molecular flexibility index (Phi) is 8.01. The number of pyridine rings is 1. The first-order valence-electron chi connectivity index (χ1n) is 11.2. The summed E-state index contributed by atoms with van der Waals surface area (Å²) in [5.74, 6) is -0.532. The van der Waals surface area contributed by atoms with Crippen LogP contribution in [0.25, 0.3) is 5.69 Å². The number of aromatic nitrogens is 3. The Balaban J connectivity index is 1.68. The number of amides is 2. The molecular weight excluding hydrogens is 470 g/mol. The fraction of sp³-hybridized carbons (Fsp3) is 0.360. The summed E-state index contributed by atoms with van der Waals surface area (Å²) in [5.41, 5.74) is 0.878. The van der Waals surface area contributed by atoms with Gasteiger partial charge in [-0.05, 0) is 37.5 Å². The van der Waals surface area contributed by atoms with Crippen LogP contribution in [-0.2, 0) is 11.8 Å². The molecule has 2 heterocycles. The molecular formula is C25H30ClN5O4. The van der Waals surface area contributed by atoms with Crippen LogP contribution < -0.4 is 20.9 Å². The summed E-state index contributed by atoms with van der Waals surface area (Å²) in [5, 5.41) is 5.91. The van der Waals surface area contributed by atoms with Gasteiger partial charge < -0.3 is 15.4 Å². The van der Waals surface area contributed by atoms with E-state index in [4.69, 9.17) is 16.3 Å². The Hall–Kier alpha value is -3.59. The molecule has 35 heavy (non-hydrogen) atoms. The number of hydrogen-bond donors (Lipinski definition) is 2. The topological polar surface area (TPSA) is 107 Å². The molecule has 0 saturated carbocycles. The van der Waals surface area contributed by atoms with Crippen LogP contribution in [0.2, 0.25) is 5.02 Å². The smallest absolute Gasteiger partial charge is 0.295 e. The number of halogens is 1. The van der Waals surface area contributed by atoms with E-state index in [9.17, 15) is 14.4 Å². The number of ether oxygens (including phenoxy) is 1. The van der Waals surface area contributed by atoms with Gasteiger partial charge >= 0.3 is 0 Å². The molecule has 2 N–H and O–H groups in total. The summed E-state index contributed by atoms with van der Waals surface area (Å²) in [6.07, 6.45) is 1.49. The molecule has 2 amide bonds. The van der Waals surface area contributed by atoms with Crippen molar-refractivity contribution in [2.75, 3.05) is 18.5 Å². The average Bonchev–Trinajstić information content (AvgIpc) is 3.02. The number of nitrogens with zero attached hydrogens (tertiary/aromatic N) is 3. The van der Waals surface area contributed by atoms with Crippen molar-refractivity contribution >= 4 is 29.1 Å². The van der Waals surface area contributed by atoms with Crippen molar-refractivity contribution in [3.8, 4) is 11.6 Å². The van der Waals surface area contributed by atoms with Gasteiger partial charge in [0.25, 0.3) is 11.5 Å². The van der Waals surface area contributed by atoms with E-state index in [-0.39, 0.29) is 41.6 Å². The van der Waals surface area contributed by atoms with Crippen molar-refractivity contribution in [1.82, 2.24) is 19.7 Å². The zero-order chi connectivity index (χ0) is 25.8. The van der Waals surface area contributed by atoms with E-state index in [0.717, 1.165) is 0 Å². The molecule has 0 aliphatic carbocycles. The minimum atomic E-state index is -0.599. The fourth-order valence-corrected chi connectivity index (χ4v) is 3.81. The highest BCUT2D eigenvalue weighted by Crippen LogP contribution is 2.23. The number of benzene rings is 1. The average molecular weight is 500 g/mol. The molecule has 0 unspecified atom stereocenters. The van der Waals surface area contributed by atoms with Gasteiger partial charge in [-0.1, -0.05) is 43.6 Å². The van der Waals surface area contributed by atoms with E-state index >= 15 is 0 Å². The molecule has 0 aliphatic heterocycles. The quantitative estimate of drug-likeness (QED) is 0.466. The third-order valence-electron chi connectivity index (χ3n) is 5.53. The van der Waals surface area contributed by atoms with Gasteiger partial charge in [-0.15, -0.1) is 0 Å². The Labute approximate surface area is 209 Å². The van der Waals surface area contributed by atoms with Gasteiger partial charge in [0.2, 0.25) is 11.8 Å². The van der Waals surface area contributed by atoms with Gasteiger partial charge in [-0.25, -0.2) is 9.67 Å². The summed E-state index contributed by atoms with van der Waals surface area (Å²) in [7, 11) is 1.76. The summed E-state index contributed by atoms with van der Waals surface area (Å²) < 4.78 is 8.62. The van der Waals surface area contributed by atoms with E-state index in [1.165, 1.54) is 16.9 Å². The van der Waals surface area contributed by atoms with Crippen molar-refractivity contribution in [2.45, 2.75) is 34.1 Å². The highest BCUT2D eigenvalue weighted by molar-refractivity contribution is 6.30. The van der Waals surface area contributed by atoms with Crippen LogP contribution in [0, 0.1) is 12.3 Å². The minimum absolute atomic E-state index is 0.0818. The van der Waals surface area contributed by atoms with E-state index in [0.29, 0.717) is 23.0 Å². The van der Waals surface area contributed by atoms with Crippen LogP contribution in [0.15, 0.2) is 47.4 Å². The lowest BCUT2D eigenvalue weighted by molar-refractivity contribution is -0.118. The van der Waals surface area contributed by atoms with E-state index in [2.05, 4.69) is 15.6 Å². The lowest BCUT2D eigenvalue weighted by Crippen LogP contribution is -2.37. The molecule has 10 heteroatoms. The SMILES string of the molecule is CCOc1ncc(Cl)cc1C(=O)NCC(C)(C)CC(=O)Nc1c(C)n(C)n(-c2ccccc2)c1=O. The van der Waals surface area contributed by atoms with Crippen LogP contribution in [0.4, 0.5) is 5.69 Å². The maximum atomic E-state index is 13.0. The zero-order valence-electron chi connectivity index (χ0n) is 20.5. The highest BCUT2D eigenvalue weighted by atomic mass is 35.5. The predicted molar refractivity (Wildman–Crippen MR) is 136 cm³/mol. The first-order chi connectivity index (χ1) is 16.5. The third kappa shape index (κ3) is 6.10. The highest BCUT2D eigenvalue weighted by Gasteiger charge is 2.26. The summed E-state index contributed by atoms with van der Waals surface area (Å²) in [6, 6.07) is 10.7. The van der Waals surface area contributed by atoms with Gasteiger partial charge in [0.15, 0.2) is 0 Å². The van der Waals surface area contributed by atoms with Crippen molar-refractivity contribution in [2.24, 2.45) is 12.5 Å². The lowest BCUT2D eigenvalue weighted by atomic mass is 9.88. The monoisotopic (exact) mass is 499 g/mol. The molecule has 2 aromatic heterocycles. The third-order valence-corrected chi connectivity index (χ3v) is 5.74. The molecule has 9 nitrogen and oxygen atoms in total. The number of hydrogen-bond acceptors (Lipinski definition) is 5. The van der Waals surface area contributed by atoms with Crippen LogP contribution in [0.5, 0.6) is 5.88 Å². The van der Waals surface area contributed by atoms with Crippen LogP contribution in [0.3, 0.4) is 0 Å². The molecule has 0 saturated heterocycles. The van der Waals surface area contributed by atoms with Gasteiger partial charge in [-0.3, -0.25) is 19.1 Å². The molecule has 186 valence electrons. The number of carbonyl (C=O) groups is 2. The van der Waals surface area contributed by atoms with Gasteiger partial charge in [0, 0.05) is 26.2 Å². The molecule has 0 radical (unpaired) electrons. The van der Waals surface area contributed by atoms with Crippen LogP contribution in [0.1, 0.15) is 43.2 Å². The molecule has 0 atom stereocenters. The second-order valence-corrected chi connectivity index (χ2v) is 9.38. The summed E-state index contributed by atoms with van der Waals surface area (Å²) in [6.45, 7) is 7.84. The summed E-state index contributed by atoms with van der Waals surface area (Å²) >= 11 is 5.99. The molecule has 3 rings (SSSR count). The normalized spacial score (nSPS) is 11.3. The second kappa shape index (κ2) is 10.8. The Bertz CT molecular complexity index is 1280. The molecule has 3 aromatic rings. The standard InChI is InChI=1S/C25H30ClN5O4/c1-6-35-23-19(12-17(26)14-27-23)22(33)28-15-25(3,4)13-20(32)29-21-16(2)30(5)31(24(21)34)18-10-8-7-9-11-18/h7-12,14H,6,13,15H2,1-5H3,(H,28,33)(H,29,32). The number of anilines is 1. The molecule has 1 aromatic carbocycles. The first-order valence-corrected chi connectivity index (χ1v) is 11.6. The van der Waals surface area contributed by atoms with E-state index in [1.807, 2.05) is 44.2 Å². The van der Waals surface area contributed by atoms with Crippen molar-refractivity contribution in [3.05, 3.63) is 69.2 Å². The largest absolute Gasteiger partial charge is 0.477 e. The Morgan fingerprint density at radius 2 is 1.89 bits per heavy atom. The second-order valence-electron chi connectivity index (χ2n) is 8.95. The molecule has 0 bridgehead atoms. The van der Waals surface area contributed by atoms with E-state index in [1.54, 1.807) is 25.6 Å². The first kappa shape index (κ1) is 26.0. The van der Waals surface area contributed by atoms with Gasteiger partial charge in [0.1, 0.15) is 11.3 Å². The Morgan fingerprint density at radius 3 is 2.54 bits per heavy atom. The Morgan fingerprint density at radius 1 is 1.20 bits per heavy atom. The lowest BCUT2D eigenvalue weighted by Gasteiger charge is -2.24. The number of para-hydroxylation sites is 1. The number of rotatable bonds is 9. The number of carbonyl (C=O) groups excluding carboxylic acids is 2. The minimum Gasteiger partial charge on any atom is -0.477 e. The molecule has 0 spiro atoms. The number of nitrogens with one attached hydrogen (secondary N) is 2. The molecule has 0 aliphatic rings. The van der Waals surface area contributed by atoms with Crippen molar-refractivity contribution in [1.29, 1.82) is 0 Å². The van der Waals surface area contributed by atoms with Gasteiger partial charge in [0.05, 0.1) is 23.0 Å². The van der Waals surface area contributed by atoms with Crippen LogP contribution >= 0.6 is 11.6 Å². The molecule has 0 fully saturated rings. The fourth-order valence-electron chi connectivity index (χ4n) is 3.65. The maximum absolute atomic E-state index is 13.0. The maximum Gasteiger partial charge on any atom is 0.295 e. The predicted octanol–water partition coefficient (Wildman–Crippen LogP) is 3.72. The van der Waals surface area contributed by atoms with Crippen LogP contribution in [-0.4, -0.2) is 39.3 Å².